The molecule has 1 fully saturated rings. The molecule has 2 atom stereocenters. The largest absolute Gasteiger partial charge is 0.307 e. The Labute approximate surface area is 155 Å². The van der Waals surface area contributed by atoms with Crippen LogP contribution in [-0.4, -0.2) is 10.9 Å². The van der Waals surface area contributed by atoms with E-state index >= 15 is 0 Å². The van der Waals surface area contributed by atoms with E-state index in [0.29, 0.717) is 11.4 Å². The molecule has 1 saturated carbocycles. The topological polar surface area (TPSA) is 42.0 Å². The second-order valence-electron chi connectivity index (χ2n) is 7.82. The highest BCUT2D eigenvalue weighted by Crippen LogP contribution is 2.46. The Morgan fingerprint density at radius 3 is 2.54 bits per heavy atom. The molecule has 2 unspecified atom stereocenters. The summed E-state index contributed by atoms with van der Waals surface area (Å²) in [6.07, 6.45) is 8.51. The number of hydrogen-bond donors (Lipinski definition) is 1. The summed E-state index contributed by atoms with van der Waals surface area (Å²) in [5.74, 6) is 2.26. The van der Waals surface area contributed by atoms with Crippen molar-refractivity contribution in [2.45, 2.75) is 46.0 Å². The van der Waals surface area contributed by atoms with Crippen molar-refractivity contribution in [3.05, 3.63) is 64.9 Å². The minimum absolute atomic E-state index is 0.106. The molecular formula is C23H26N2O. The van der Waals surface area contributed by atoms with Gasteiger partial charge >= 0.3 is 0 Å². The van der Waals surface area contributed by atoms with Crippen LogP contribution in [0.25, 0.3) is 5.57 Å². The molecule has 1 amide bonds. The number of carbonyl (C=O) groups is 1. The predicted molar refractivity (Wildman–Crippen MR) is 106 cm³/mol. The molecule has 3 heteroatoms. The second kappa shape index (κ2) is 7.06. The molecule has 134 valence electrons. The van der Waals surface area contributed by atoms with Crippen molar-refractivity contribution in [2.24, 2.45) is 11.8 Å². The Bertz CT molecular complexity index is 851. The minimum Gasteiger partial charge on any atom is -0.307 e. The number of hydrogen-bond acceptors (Lipinski definition) is 2. The average molecular weight is 346 g/mol. The fourth-order valence-corrected chi connectivity index (χ4v) is 4.63. The first-order valence-corrected chi connectivity index (χ1v) is 9.64. The molecule has 3 nitrogen and oxygen atoms in total. The highest BCUT2D eigenvalue weighted by atomic mass is 16.1. The van der Waals surface area contributed by atoms with Crippen LogP contribution in [-0.2, 0) is 0 Å². The lowest BCUT2D eigenvalue weighted by Gasteiger charge is -2.29. The molecule has 0 radical (unpaired) electrons. The number of benzene rings is 1. The summed E-state index contributed by atoms with van der Waals surface area (Å²) in [7, 11) is 0. The monoisotopic (exact) mass is 346 g/mol. The number of nitrogens with one attached hydrogen (secondary N) is 1. The number of aryl methyl sites for hydroxylation is 1. The molecule has 0 aliphatic heterocycles. The van der Waals surface area contributed by atoms with Crippen molar-refractivity contribution >= 4 is 17.3 Å². The lowest BCUT2D eigenvalue weighted by atomic mass is 9.76. The van der Waals surface area contributed by atoms with Gasteiger partial charge in [-0.25, -0.2) is 4.98 Å². The van der Waals surface area contributed by atoms with Crippen molar-refractivity contribution in [1.29, 1.82) is 0 Å². The number of rotatable bonds is 3. The average Bonchev–Trinajstić information content (AvgIpc) is 3.09. The van der Waals surface area contributed by atoms with Gasteiger partial charge in [0.2, 0.25) is 0 Å². The third-order valence-electron chi connectivity index (χ3n) is 6.11. The number of allylic oxidation sites excluding steroid dienone is 2. The second-order valence-corrected chi connectivity index (χ2v) is 7.82. The molecule has 26 heavy (non-hydrogen) atoms. The number of amides is 1. The van der Waals surface area contributed by atoms with E-state index in [1.807, 2.05) is 43.5 Å². The summed E-state index contributed by atoms with van der Waals surface area (Å²) in [5.41, 5.74) is 5.86. The number of aromatic nitrogens is 1. The van der Waals surface area contributed by atoms with Crippen LogP contribution in [0.4, 0.5) is 5.82 Å². The van der Waals surface area contributed by atoms with E-state index in [1.165, 1.54) is 48.8 Å². The van der Waals surface area contributed by atoms with Gasteiger partial charge in [0.1, 0.15) is 5.82 Å². The molecule has 2 aromatic rings. The van der Waals surface area contributed by atoms with E-state index in [1.54, 1.807) is 0 Å². The Morgan fingerprint density at radius 1 is 1.04 bits per heavy atom. The Hall–Kier alpha value is -2.42. The first-order chi connectivity index (χ1) is 12.6. The maximum Gasteiger partial charge on any atom is 0.257 e. The van der Waals surface area contributed by atoms with Gasteiger partial charge in [-0.1, -0.05) is 30.2 Å². The minimum atomic E-state index is -0.106. The van der Waals surface area contributed by atoms with E-state index in [9.17, 15) is 4.79 Å². The summed E-state index contributed by atoms with van der Waals surface area (Å²) >= 11 is 0. The fraction of sp³-hybridized carbons (Fsp3) is 0.391. The van der Waals surface area contributed by atoms with Crippen LogP contribution in [0.5, 0.6) is 0 Å². The maximum atomic E-state index is 12.4. The van der Waals surface area contributed by atoms with E-state index in [4.69, 9.17) is 0 Å². The van der Waals surface area contributed by atoms with Gasteiger partial charge in [0.15, 0.2) is 0 Å². The SMILES string of the molecule is CC1=C(c2ccc(NC(=O)c3ccccc3C)nc2)CC2CCCC2C1. The molecule has 2 aliphatic carbocycles. The molecule has 1 aromatic heterocycles. The molecule has 0 saturated heterocycles. The molecule has 1 aromatic carbocycles. The van der Waals surface area contributed by atoms with Crippen LogP contribution in [0, 0.1) is 18.8 Å². The summed E-state index contributed by atoms with van der Waals surface area (Å²) < 4.78 is 0. The number of nitrogens with zero attached hydrogens (tertiary/aromatic N) is 1. The van der Waals surface area contributed by atoms with Crippen molar-refractivity contribution in [3.8, 4) is 0 Å². The molecule has 0 spiro atoms. The van der Waals surface area contributed by atoms with Crippen LogP contribution in [0.2, 0.25) is 0 Å². The fourth-order valence-electron chi connectivity index (χ4n) is 4.63. The van der Waals surface area contributed by atoms with Gasteiger partial charge in [-0.2, -0.15) is 0 Å². The number of pyridine rings is 1. The third kappa shape index (κ3) is 3.31. The van der Waals surface area contributed by atoms with Gasteiger partial charge < -0.3 is 5.32 Å². The van der Waals surface area contributed by atoms with Crippen LogP contribution in [0.15, 0.2) is 48.2 Å². The summed E-state index contributed by atoms with van der Waals surface area (Å²) in [6, 6.07) is 11.6. The van der Waals surface area contributed by atoms with Gasteiger partial charge in [0.25, 0.3) is 5.91 Å². The predicted octanol–water partition coefficient (Wildman–Crippen LogP) is 5.63. The zero-order valence-electron chi connectivity index (χ0n) is 15.6. The van der Waals surface area contributed by atoms with Crippen LogP contribution in [0.1, 0.15) is 60.5 Å². The maximum absolute atomic E-state index is 12.4. The van der Waals surface area contributed by atoms with Gasteiger partial charge in [-0.15, -0.1) is 0 Å². The third-order valence-corrected chi connectivity index (χ3v) is 6.11. The van der Waals surface area contributed by atoms with Crippen molar-refractivity contribution in [2.75, 3.05) is 5.32 Å². The molecule has 2 aliphatic rings. The van der Waals surface area contributed by atoms with E-state index in [0.717, 1.165) is 17.4 Å². The lowest BCUT2D eigenvalue weighted by Crippen LogP contribution is -2.16. The highest BCUT2D eigenvalue weighted by Gasteiger charge is 2.32. The quantitative estimate of drug-likeness (QED) is 0.783. The van der Waals surface area contributed by atoms with Gasteiger partial charge in [0.05, 0.1) is 0 Å². The van der Waals surface area contributed by atoms with E-state index in [-0.39, 0.29) is 5.91 Å². The van der Waals surface area contributed by atoms with Crippen molar-refractivity contribution in [1.82, 2.24) is 4.98 Å². The summed E-state index contributed by atoms with van der Waals surface area (Å²) in [6.45, 7) is 4.22. The smallest absolute Gasteiger partial charge is 0.257 e. The van der Waals surface area contributed by atoms with E-state index in [2.05, 4.69) is 23.3 Å². The zero-order chi connectivity index (χ0) is 18.1. The molecule has 0 bridgehead atoms. The van der Waals surface area contributed by atoms with Crippen molar-refractivity contribution < 1.29 is 4.79 Å². The number of anilines is 1. The first kappa shape index (κ1) is 17.0. The molecule has 4 rings (SSSR count). The Morgan fingerprint density at radius 2 is 1.81 bits per heavy atom. The zero-order valence-corrected chi connectivity index (χ0v) is 15.6. The van der Waals surface area contributed by atoms with Crippen LogP contribution >= 0.6 is 0 Å². The lowest BCUT2D eigenvalue weighted by molar-refractivity contribution is 0.102. The van der Waals surface area contributed by atoms with E-state index < -0.39 is 0 Å². The van der Waals surface area contributed by atoms with Crippen LogP contribution < -0.4 is 5.32 Å². The van der Waals surface area contributed by atoms with Gasteiger partial charge in [0, 0.05) is 11.8 Å². The normalized spacial score (nSPS) is 22.2. The molecule has 1 N–H and O–H groups in total. The summed E-state index contributed by atoms with van der Waals surface area (Å²) in [4.78, 5) is 16.9. The summed E-state index contributed by atoms with van der Waals surface area (Å²) in [5, 5.41) is 2.91. The standard InChI is InChI=1S/C23H26N2O/c1-15-6-3-4-9-20(15)23(26)25-22-11-10-19(14-24-22)21-13-18-8-5-7-17(18)12-16(21)2/h3-4,6,9-11,14,17-18H,5,7-8,12-13H2,1-2H3,(H,24,25,26). The number of carbonyl (C=O) groups excluding carboxylic acids is 1. The highest BCUT2D eigenvalue weighted by molar-refractivity contribution is 6.04. The molecular weight excluding hydrogens is 320 g/mol. The van der Waals surface area contributed by atoms with Gasteiger partial charge in [-0.05, 0) is 86.3 Å². The van der Waals surface area contributed by atoms with Crippen LogP contribution in [0.3, 0.4) is 0 Å². The molecule has 1 heterocycles. The van der Waals surface area contributed by atoms with Gasteiger partial charge in [-0.3, -0.25) is 4.79 Å². The number of fused-ring (bicyclic) bond motifs is 1. The van der Waals surface area contributed by atoms with Crippen molar-refractivity contribution in [3.63, 3.8) is 0 Å². The Balaban J connectivity index is 1.49. The first-order valence-electron chi connectivity index (χ1n) is 9.64. The Kier molecular flexibility index (Phi) is 4.62.